The lowest BCUT2D eigenvalue weighted by Gasteiger charge is -2.15. The number of aromatic nitrogens is 10. The molecular formula is C134H86N10. The van der Waals surface area contributed by atoms with Crippen LogP contribution < -0.4 is 0 Å². The summed E-state index contributed by atoms with van der Waals surface area (Å²) in [6.45, 7) is 0. The molecule has 0 fully saturated rings. The highest BCUT2D eigenvalue weighted by molar-refractivity contribution is 6.32. The van der Waals surface area contributed by atoms with Crippen molar-refractivity contribution in [2.45, 2.75) is 0 Å². The summed E-state index contributed by atoms with van der Waals surface area (Å²) in [5, 5.41) is 18.2. The van der Waals surface area contributed by atoms with Gasteiger partial charge in [-0.05, 0) is 128 Å². The molecule has 30 aromatic rings. The average Bonchev–Trinajstić information content (AvgIpc) is 1.54. The average molecular weight is 1840 g/mol. The molecule has 144 heavy (non-hydrogen) atoms. The van der Waals surface area contributed by atoms with Crippen molar-refractivity contribution in [2.75, 3.05) is 0 Å². The quantitative estimate of drug-likeness (QED) is 0.114. The van der Waals surface area contributed by atoms with Gasteiger partial charge in [0.05, 0.1) is 83.3 Å². The molecule has 0 saturated heterocycles. The van der Waals surface area contributed by atoms with Crippen LogP contribution in [0.4, 0.5) is 0 Å². The monoisotopic (exact) mass is 1830 g/mol. The van der Waals surface area contributed by atoms with Gasteiger partial charge in [-0.25, -0.2) is 19.9 Å². The Morgan fingerprint density at radius 3 is 0.861 bits per heavy atom. The molecule has 20 aromatic carbocycles. The van der Waals surface area contributed by atoms with Gasteiger partial charge >= 0.3 is 0 Å². The van der Waals surface area contributed by atoms with Crippen molar-refractivity contribution in [1.29, 1.82) is 0 Å². The topological polar surface area (TPSA) is 79.6 Å². The van der Waals surface area contributed by atoms with E-state index in [1.54, 1.807) is 0 Å². The van der Waals surface area contributed by atoms with Gasteiger partial charge in [-0.3, -0.25) is 17.8 Å². The van der Waals surface area contributed by atoms with Crippen molar-refractivity contribution in [2.24, 2.45) is 0 Å². The van der Waals surface area contributed by atoms with E-state index in [4.69, 9.17) is 19.9 Å². The van der Waals surface area contributed by atoms with Crippen LogP contribution in [0.15, 0.2) is 522 Å². The maximum Gasteiger partial charge on any atom is 0.145 e. The zero-order valence-corrected chi connectivity index (χ0v) is 78.1. The standard InChI is InChI=1S/2C45H29N3.C44H28N4/c1-4-14-30(15-5-1)31-24-26-33(27-25-31)45-46-42(32-16-6-2-7-17-32)44-37-22-11-10-21-36(37)41-40(48(44)45)29-28-38-35-20-12-13-23-39(35)47(43(38)41)34-18-8-3-9-19-34;1-4-14-30(15-5-1)31-24-26-33(27-25-31)45-46-43(32-16-6-2-7-17-32)44-36-21-11-10-20-35(36)41-40(48(44)45)29-28-39-42(41)37-22-12-13-23-38(37)47(39)34-18-8-3-9-19-34;1-3-13-29(14-4-1)30-22-24-32(25-23-30)44-46-41(31-15-5-2-6-16-31)43-34-18-8-7-17-33(34)35-26-27-38-40(42(35)48(43)44)36-19-9-10-20-37(36)47(38)39-21-11-12-28-45-39/h2*1-29H;1-28H. The number of fused-ring (bicyclic) bond motifs is 30. The molecule has 10 heteroatoms. The molecule has 10 nitrogen and oxygen atoms in total. The van der Waals surface area contributed by atoms with Gasteiger partial charge in [-0.15, -0.1) is 0 Å². The number of pyridine rings is 4. The highest BCUT2D eigenvalue weighted by Gasteiger charge is 2.30. The molecule has 0 unspecified atom stereocenters. The maximum absolute atomic E-state index is 5.53. The molecule has 0 atom stereocenters. The molecular weight excluding hydrogens is 1750 g/mol. The van der Waals surface area contributed by atoms with Crippen molar-refractivity contribution in [3.63, 3.8) is 0 Å². The number of benzene rings is 20. The minimum Gasteiger partial charge on any atom is -0.309 e. The summed E-state index contributed by atoms with van der Waals surface area (Å²) >= 11 is 0. The lowest BCUT2D eigenvalue weighted by atomic mass is 9.98. The van der Waals surface area contributed by atoms with Gasteiger partial charge in [0, 0.05) is 116 Å². The fourth-order valence-electron chi connectivity index (χ4n) is 22.7. The van der Waals surface area contributed by atoms with E-state index < -0.39 is 0 Å². The van der Waals surface area contributed by atoms with Crippen LogP contribution in [0.5, 0.6) is 0 Å². The molecule has 0 aliphatic carbocycles. The molecule has 30 rings (SSSR count). The molecule has 0 aliphatic heterocycles. The highest BCUT2D eigenvalue weighted by Crippen LogP contribution is 2.50. The van der Waals surface area contributed by atoms with E-state index in [0.29, 0.717) is 0 Å². The first-order chi connectivity index (χ1) is 71.5. The summed E-state index contributed by atoms with van der Waals surface area (Å²) in [5.74, 6) is 3.68. The number of para-hydroxylation sites is 5. The van der Waals surface area contributed by atoms with Gasteiger partial charge in [-0.1, -0.05) is 437 Å². The fourth-order valence-corrected chi connectivity index (χ4v) is 22.7. The summed E-state index contributed by atoms with van der Waals surface area (Å²) < 4.78 is 14.4. The van der Waals surface area contributed by atoms with Crippen LogP contribution in [0.3, 0.4) is 0 Å². The van der Waals surface area contributed by atoms with Crippen LogP contribution in [0.25, 0.3) is 266 Å². The number of nitrogens with zero attached hydrogens (tertiary/aromatic N) is 10. The second-order valence-electron chi connectivity index (χ2n) is 37.0. The zero-order valence-electron chi connectivity index (χ0n) is 78.1. The number of imidazole rings is 3. The van der Waals surface area contributed by atoms with Crippen LogP contribution in [0.1, 0.15) is 0 Å². The lowest BCUT2D eigenvalue weighted by molar-refractivity contribution is 1.08. The Morgan fingerprint density at radius 1 is 0.139 bits per heavy atom. The Bertz CT molecular complexity index is 10200. The molecule has 0 aliphatic rings. The van der Waals surface area contributed by atoms with Gasteiger partial charge in [-0.2, -0.15) is 0 Å². The van der Waals surface area contributed by atoms with Gasteiger partial charge < -0.3 is 9.13 Å². The van der Waals surface area contributed by atoms with E-state index in [2.05, 4.69) is 536 Å². The predicted molar refractivity (Wildman–Crippen MR) is 600 cm³/mol. The normalized spacial score (nSPS) is 11.8. The van der Waals surface area contributed by atoms with Crippen LogP contribution >= 0.6 is 0 Å². The smallest absolute Gasteiger partial charge is 0.145 e. The second kappa shape index (κ2) is 34.3. The van der Waals surface area contributed by atoms with Crippen molar-refractivity contribution >= 4 is 147 Å². The first kappa shape index (κ1) is 82.8. The molecule has 10 aromatic heterocycles. The Kier molecular flexibility index (Phi) is 19.7. The minimum atomic E-state index is 0.896. The Hall–Kier alpha value is -19.4. The summed E-state index contributed by atoms with van der Waals surface area (Å²) in [7, 11) is 0. The first-order valence-electron chi connectivity index (χ1n) is 49.1. The third-order valence-electron chi connectivity index (χ3n) is 29.0. The predicted octanol–water partition coefficient (Wildman–Crippen LogP) is 34.6. The molecule has 10 heterocycles. The van der Waals surface area contributed by atoms with E-state index >= 15 is 0 Å². The summed E-state index contributed by atoms with van der Waals surface area (Å²) in [6, 6.07) is 184. The van der Waals surface area contributed by atoms with E-state index in [9.17, 15) is 0 Å². The van der Waals surface area contributed by atoms with Gasteiger partial charge in [0.2, 0.25) is 0 Å². The molecule has 0 amide bonds. The Morgan fingerprint density at radius 2 is 0.410 bits per heavy atom. The van der Waals surface area contributed by atoms with Crippen molar-refractivity contribution < 1.29 is 0 Å². The van der Waals surface area contributed by atoms with E-state index in [0.717, 1.165) is 129 Å². The lowest BCUT2D eigenvalue weighted by Crippen LogP contribution is -1.98. The number of hydrogen-bond acceptors (Lipinski definition) is 4. The Balaban J connectivity index is 0.000000105. The highest BCUT2D eigenvalue weighted by atomic mass is 15.1. The first-order valence-corrected chi connectivity index (χ1v) is 49.1. The zero-order chi connectivity index (χ0) is 94.8. The summed E-state index contributed by atoms with van der Waals surface area (Å²) in [5.41, 5.74) is 32.7. The van der Waals surface area contributed by atoms with Crippen molar-refractivity contribution in [3.8, 4) is 119 Å². The third-order valence-corrected chi connectivity index (χ3v) is 29.0. The third kappa shape index (κ3) is 13.4. The number of rotatable bonds is 12. The largest absolute Gasteiger partial charge is 0.309 e. The van der Waals surface area contributed by atoms with Crippen molar-refractivity contribution in [3.05, 3.63) is 522 Å². The van der Waals surface area contributed by atoms with Crippen LogP contribution in [0.2, 0.25) is 0 Å². The van der Waals surface area contributed by atoms with Crippen LogP contribution in [0, 0.1) is 0 Å². The summed E-state index contributed by atoms with van der Waals surface area (Å²) in [4.78, 5) is 21.3. The minimum absolute atomic E-state index is 0.896. The van der Waals surface area contributed by atoms with E-state index in [-0.39, 0.29) is 0 Å². The SMILES string of the molecule is c1ccc(-c2ccc(-c3nc(-c4ccccc4)c4c5ccccc5c5c6c(ccc5n34)c3ccccc3n6-c3ccccc3)cc2)cc1.c1ccc(-c2ccc(-c3nc(-c4ccccc4)c4c5ccccc5c5c6c7ccccc7n(-c7ccccc7)c6ccc5n34)cc2)cc1.c1ccc(-c2ccc(-c3nc(-c4ccccc4)c4c5ccccc5c5ccc6c(c7ccccc7n6-c6ccccn6)c5n34)cc2)cc1. The van der Waals surface area contributed by atoms with E-state index in [1.807, 2.05) is 12.3 Å². The van der Waals surface area contributed by atoms with Gasteiger partial charge in [0.1, 0.15) is 23.3 Å². The van der Waals surface area contributed by atoms with Gasteiger partial charge in [0.15, 0.2) is 0 Å². The molecule has 0 saturated carbocycles. The summed E-state index contributed by atoms with van der Waals surface area (Å²) in [6.07, 6.45) is 1.86. The molecule has 0 bridgehead atoms. The molecule has 672 valence electrons. The van der Waals surface area contributed by atoms with Crippen LogP contribution in [-0.2, 0) is 0 Å². The Labute approximate surface area is 828 Å². The second-order valence-corrected chi connectivity index (χ2v) is 37.0. The maximum atomic E-state index is 5.53. The molecule has 0 radical (unpaired) electrons. The van der Waals surface area contributed by atoms with E-state index in [1.165, 1.54) is 136 Å². The number of hydrogen-bond donors (Lipinski definition) is 0. The van der Waals surface area contributed by atoms with Crippen LogP contribution in [-0.4, -0.2) is 46.8 Å². The fraction of sp³-hybridized carbons (Fsp3) is 0. The van der Waals surface area contributed by atoms with Gasteiger partial charge in [0.25, 0.3) is 0 Å². The molecule has 0 N–H and O–H groups in total. The molecule has 0 spiro atoms. The van der Waals surface area contributed by atoms with Crippen molar-refractivity contribution in [1.82, 2.24) is 46.8 Å².